The van der Waals surface area contributed by atoms with Crippen molar-refractivity contribution in [3.8, 4) is 11.5 Å². The lowest BCUT2D eigenvalue weighted by Crippen LogP contribution is -2.53. The normalized spacial score (nSPS) is 15.0. The second-order valence-corrected chi connectivity index (χ2v) is 5.72. The van der Waals surface area contributed by atoms with Gasteiger partial charge in [0.1, 0.15) is 12.1 Å². The molecule has 1 heterocycles. The molecule has 6 heteroatoms. The summed E-state index contributed by atoms with van der Waals surface area (Å²) in [6.07, 6.45) is 0. The summed E-state index contributed by atoms with van der Waals surface area (Å²) in [6, 6.07) is 12.2. The summed E-state index contributed by atoms with van der Waals surface area (Å²) >= 11 is 0. The topological polar surface area (TPSA) is 88.0 Å². The quantitative estimate of drug-likeness (QED) is 0.720. The maximum atomic E-state index is 12.8. The van der Waals surface area contributed by atoms with Crippen molar-refractivity contribution >= 4 is 11.5 Å². The third kappa shape index (κ3) is 2.70. The van der Waals surface area contributed by atoms with E-state index in [1.54, 1.807) is 36.4 Å². The van der Waals surface area contributed by atoms with Crippen molar-refractivity contribution in [3.05, 3.63) is 53.6 Å². The number of nitrogens with one attached hydrogen (secondary N) is 1. The SMILES string of the molecule is COc1ccc(C(=O)c2ccccc2)c2c1OCC(CO)(CO)N2. The molecule has 0 bridgehead atoms. The number of hydrogen-bond acceptors (Lipinski definition) is 6. The molecule has 126 valence electrons. The van der Waals surface area contributed by atoms with Crippen molar-refractivity contribution in [2.45, 2.75) is 5.54 Å². The Hall–Kier alpha value is -2.57. The second-order valence-electron chi connectivity index (χ2n) is 5.72. The van der Waals surface area contributed by atoms with Gasteiger partial charge in [-0.1, -0.05) is 30.3 Å². The molecule has 3 N–H and O–H groups in total. The number of ether oxygens (including phenoxy) is 2. The number of rotatable bonds is 5. The first kappa shape index (κ1) is 16.3. The maximum Gasteiger partial charge on any atom is 0.195 e. The van der Waals surface area contributed by atoms with Gasteiger partial charge >= 0.3 is 0 Å². The van der Waals surface area contributed by atoms with Crippen LogP contribution in [0.25, 0.3) is 0 Å². The van der Waals surface area contributed by atoms with Gasteiger partial charge < -0.3 is 25.0 Å². The van der Waals surface area contributed by atoms with E-state index in [1.165, 1.54) is 7.11 Å². The van der Waals surface area contributed by atoms with Crippen molar-refractivity contribution in [2.24, 2.45) is 0 Å². The summed E-state index contributed by atoms with van der Waals surface area (Å²) in [7, 11) is 1.51. The number of ketones is 1. The van der Waals surface area contributed by atoms with Crippen molar-refractivity contribution in [1.82, 2.24) is 0 Å². The van der Waals surface area contributed by atoms with Gasteiger partial charge in [-0.2, -0.15) is 0 Å². The summed E-state index contributed by atoms with van der Waals surface area (Å²) < 4.78 is 11.0. The summed E-state index contributed by atoms with van der Waals surface area (Å²) in [6.45, 7) is -0.607. The first-order chi connectivity index (χ1) is 11.6. The smallest absolute Gasteiger partial charge is 0.195 e. The Kier molecular flexibility index (Phi) is 4.42. The van der Waals surface area contributed by atoms with Gasteiger partial charge in [-0.05, 0) is 12.1 Å². The number of aliphatic hydroxyl groups excluding tert-OH is 2. The minimum absolute atomic E-state index is 0.0618. The molecule has 3 rings (SSSR count). The maximum absolute atomic E-state index is 12.8. The Morgan fingerprint density at radius 1 is 1.21 bits per heavy atom. The molecule has 6 nitrogen and oxygen atoms in total. The number of carbonyl (C=O) groups is 1. The number of anilines is 1. The standard InChI is InChI=1S/C18H19NO5/c1-23-14-8-7-13(16(22)12-5-3-2-4-6-12)15-17(14)24-11-18(9-20,10-21)19-15/h2-8,19-21H,9-11H2,1H3. The Bertz CT molecular complexity index is 741. The van der Waals surface area contributed by atoms with E-state index in [9.17, 15) is 15.0 Å². The van der Waals surface area contributed by atoms with E-state index in [-0.39, 0.29) is 25.6 Å². The molecule has 0 atom stereocenters. The van der Waals surface area contributed by atoms with Crippen molar-refractivity contribution in [3.63, 3.8) is 0 Å². The zero-order chi connectivity index (χ0) is 17.2. The highest BCUT2D eigenvalue weighted by Gasteiger charge is 2.37. The molecule has 0 saturated heterocycles. The van der Waals surface area contributed by atoms with Crippen LogP contribution in [-0.4, -0.2) is 48.5 Å². The fourth-order valence-corrected chi connectivity index (χ4v) is 2.66. The molecule has 0 amide bonds. The van der Waals surface area contributed by atoms with Gasteiger partial charge in [0.15, 0.2) is 17.3 Å². The van der Waals surface area contributed by atoms with E-state index in [1.807, 2.05) is 6.07 Å². The van der Waals surface area contributed by atoms with Crippen LogP contribution in [0.2, 0.25) is 0 Å². The van der Waals surface area contributed by atoms with Crippen LogP contribution < -0.4 is 14.8 Å². The molecular formula is C18H19NO5. The van der Waals surface area contributed by atoms with E-state index >= 15 is 0 Å². The van der Waals surface area contributed by atoms with Crippen LogP contribution in [0.4, 0.5) is 5.69 Å². The number of carbonyl (C=O) groups excluding carboxylic acids is 1. The predicted molar refractivity (Wildman–Crippen MR) is 88.9 cm³/mol. The summed E-state index contributed by atoms with van der Waals surface area (Å²) in [5.41, 5.74) is 0.293. The summed E-state index contributed by atoms with van der Waals surface area (Å²) in [4.78, 5) is 12.8. The van der Waals surface area contributed by atoms with Crippen LogP contribution >= 0.6 is 0 Å². The third-order valence-corrected chi connectivity index (χ3v) is 4.11. The molecule has 0 fully saturated rings. The lowest BCUT2D eigenvalue weighted by Gasteiger charge is -2.38. The molecule has 0 saturated carbocycles. The second kappa shape index (κ2) is 6.51. The molecule has 24 heavy (non-hydrogen) atoms. The van der Waals surface area contributed by atoms with Crippen molar-refractivity contribution in [2.75, 3.05) is 32.2 Å². The van der Waals surface area contributed by atoms with Crippen molar-refractivity contribution < 1.29 is 24.5 Å². The Morgan fingerprint density at radius 3 is 2.54 bits per heavy atom. The third-order valence-electron chi connectivity index (χ3n) is 4.11. The van der Waals surface area contributed by atoms with Crippen LogP contribution in [-0.2, 0) is 0 Å². The number of aliphatic hydroxyl groups is 2. The molecule has 1 aliphatic heterocycles. The van der Waals surface area contributed by atoms with Crippen LogP contribution in [0.15, 0.2) is 42.5 Å². The highest BCUT2D eigenvalue weighted by Crippen LogP contribution is 2.43. The molecule has 0 spiro atoms. The van der Waals surface area contributed by atoms with E-state index in [4.69, 9.17) is 9.47 Å². The number of hydrogen-bond donors (Lipinski definition) is 3. The highest BCUT2D eigenvalue weighted by molar-refractivity contribution is 6.13. The molecule has 0 unspecified atom stereocenters. The number of fused-ring (bicyclic) bond motifs is 1. The molecule has 0 radical (unpaired) electrons. The average molecular weight is 329 g/mol. The molecular weight excluding hydrogens is 310 g/mol. The van der Waals surface area contributed by atoms with E-state index in [0.717, 1.165) is 0 Å². The van der Waals surface area contributed by atoms with E-state index in [2.05, 4.69) is 5.32 Å². The molecule has 1 aliphatic rings. The molecule has 0 aromatic heterocycles. The largest absolute Gasteiger partial charge is 0.493 e. The van der Waals surface area contributed by atoms with E-state index in [0.29, 0.717) is 28.3 Å². The van der Waals surface area contributed by atoms with Crippen LogP contribution in [0.1, 0.15) is 15.9 Å². The van der Waals surface area contributed by atoms with Crippen molar-refractivity contribution in [1.29, 1.82) is 0 Å². The van der Waals surface area contributed by atoms with Gasteiger partial charge in [0.25, 0.3) is 0 Å². The summed E-state index contributed by atoms with van der Waals surface area (Å²) in [5, 5.41) is 22.3. The van der Waals surface area contributed by atoms with Gasteiger partial charge in [0, 0.05) is 11.1 Å². The summed E-state index contributed by atoms with van der Waals surface area (Å²) in [5.74, 6) is 0.695. The Morgan fingerprint density at radius 2 is 1.92 bits per heavy atom. The Labute approximate surface area is 139 Å². The number of methoxy groups -OCH3 is 1. The minimum atomic E-state index is -1.05. The van der Waals surface area contributed by atoms with Crippen LogP contribution in [0, 0.1) is 0 Å². The Balaban J connectivity index is 2.10. The lowest BCUT2D eigenvalue weighted by atomic mass is 9.95. The fraction of sp³-hybridized carbons (Fsp3) is 0.278. The molecule has 2 aromatic rings. The van der Waals surface area contributed by atoms with Crippen LogP contribution in [0.3, 0.4) is 0 Å². The zero-order valence-electron chi connectivity index (χ0n) is 13.3. The van der Waals surface area contributed by atoms with Gasteiger partial charge in [0.2, 0.25) is 0 Å². The first-order valence-electron chi connectivity index (χ1n) is 7.57. The van der Waals surface area contributed by atoms with Gasteiger partial charge in [0.05, 0.1) is 26.0 Å². The van der Waals surface area contributed by atoms with E-state index < -0.39 is 5.54 Å². The monoisotopic (exact) mass is 329 g/mol. The zero-order valence-corrected chi connectivity index (χ0v) is 13.3. The molecule has 2 aromatic carbocycles. The lowest BCUT2D eigenvalue weighted by molar-refractivity contribution is 0.0829. The average Bonchev–Trinajstić information content (AvgIpc) is 2.66. The minimum Gasteiger partial charge on any atom is -0.493 e. The van der Waals surface area contributed by atoms with Gasteiger partial charge in [-0.15, -0.1) is 0 Å². The number of benzene rings is 2. The van der Waals surface area contributed by atoms with Gasteiger partial charge in [-0.3, -0.25) is 4.79 Å². The van der Waals surface area contributed by atoms with Crippen LogP contribution in [0.5, 0.6) is 11.5 Å². The highest BCUT2D eigenvalue weighted by atomic mass is 16.5. The predicted octanol–water partition coefficient (Wildman–Crippen LogP) is 1.45. The fourth-order valence-electron chi connectivity index (χ4n) is 2.66. The van der Waals surface area contributed by atoms with Gasteiger partial charge in [-0.25, -0.2) is 0 Å². The first-order valence-corrected chi connectivity index (χ1v) is 7.57. The molecule has 0 aliphatic carbocycles.